The highest BCUT2D eigenvalue weighted by Gasteiger charge is 2.22. The van der Waals surface area contributed by atoms with Gasteiger partial charge in [-0.25, -0.2) is 14.2 Å². The van der Waals surface area contributed by atoms with Crippen LogP contribution in [0.25, 0.3) is 5.69 Å². The maximum absolute atomic E-state index is 12.9. The Hall–Kier alpha value is -4.11. The van der Waals surface area contributed by atoms with Crippen LogP contribution in [0.4, 0.5) is 5.82 Å². The van der Waals surface area contributed by atoms with Gasteiger partial charge in [-0.15, -0.1) is 0 Å². The van der Waals surface area contributed by atoms with Gasteiger partial charge in [-0.1, -0.05) is 29.8 Å². The second kappa shape index (κ2) is 10.0. The molecule has 0 aliphatic carbocycles. The number of aromatic nitrogens is 4. The summed E-state index contributed by atoms with van der Waals surface area (Å²) in [5.74, 6) is -0.288. The van der Waals surface area contributed by atoms with E-state index in [1.807, 2.05) is 18.2 Å². The van der Waals surface area contributed by atoms with Gasteiger partial charge in [-0.3, -0.25) is 4.79 Å². The number of carbonyl (C=O) groups is 2. The van der Waals surface area contributed by atoms with Crippen LogP contribution < -0.4 is 10.1 Å². The number of hydrogen-bond acceptors (Lipinski definition) is 6. The lowest BCUT2D eigenvalue weighted by Gasteiger charge is -2.10. The number of benzene rings is 2. The zero-order valence-corrected chi connectivity index (χ0v) is 18.4. The first-order valence-corrected chi connectivity index (χ1v) is 10.5. The molecule has 168 valence electrons. The molecule has 0 spiro atoms. The van der Waals surface area contributed by atoms with Crippen LogP contribution in [0.15, 0.2) is 73.1 Å². The van der Waals surface area contributed by atoms with Crippen LogP contribution in [0.1, 0.15) is 27.8 Å². The molecule has 0 unspecified atom stereocenters. The van der Waals surface area contributed by atoms with Crippen molar-refractivity contribution in [2.45, 2.75) is 13.7 Å². The Morgan fingerprint density at radius 1 is 1.06 bits per heavy atom. The summed E-state index contributed by atoms with van der Waals surface area (Å²) < 4.78 is 13.7. The zero-order chi connectivity index (χ0) is 23.2. The lowest BCUT2D eigenvalue weighted by molar-refractivity contribution is 0.0527. The minimum Gasteiger partial charge on any atom is -0.471 e. The van der Waals surface area contributed by atoms with Gasteiger partial charge in [0.1, 0.15) is 11.3 Å². The van der Waals surface area contributed by atoms with Crippen LogP contribution in [-0.4, -0.2) is 38.0 Å². The third kappa shape index (κ3) is 5.21. The highest BCUT2D eigenvalue weighted by atomic mass is 35.5. The number of carbonyl (C=O) groups excluding carboxylic acids is 2. The van der Waals surface area contributed by atoms with Crippen LogP contribution >= 0.6 is 11.6 Å². The highest BCUT2D eigenvalue weighted by Crippen LogP contribution is 2.22. The number of amides is 1. The van der Waals surface area contributed by atoms with Gasteiger partial charge in [0.25, 0.3) is 5.91 Å². The van der Waals surface area contributed by atoms with Gasteiger partial charge >= 0.3 is 5.97 Å². The van der Waals surface area contributed by atoms with Crippen LogP contribution in [0.3, 0.4) is 0 Å². The molecule has 0 radical (unpaired) electrons. The molecule has 2 aromatic carbocycles. The van der Waals surface area contributed by atoms with E-state index in [1.165, 1.54) is 15.6 Å². The van der Waals surface area contributed by atoms with Crippen molar-refractivity contribution in [1.82, 2.24) is 19.6 Å². The van der Waals surface area contributed by atoms with Gasteiger partial charge in [-0.2, -0.15) is 10.2 Å². The topological polar surface area (TPSA) is 100 Å². The van der Waals surface area contributed by atoms with Crippen LogP contribution in [0.2, 0.25) is 5.02 Å². The largest absolute Gasteiger partial charge is 0.471 e. The first-order chi connectivity index (χ1) is 16.0. The minimum absolute atomic E-state index is 0.102. The maximum atomic E-state index is 12.9. The molecule has 1 N–H and O–H groups in total. The number of anilines is 1. The Labute approximate surface area is 194 Å². The van der Waals surface area contributed by atoms with E-state index < -0.39 is 11.9 Å². The molecule has 4 aromatic rings. The molecule has 33 heavy (non-hydrogen) atoms. The molecule has 1 amide bonds. The third-order valence-corrected chi connectivity index (χ3v) is 4.80. The summed E-state index contributed by atoms with van der Waals surface area (Å²) >= 11 is 5.87. The van der Waals surface area contributed by atoms with Gasteiger partial charge in [-0.05, 0) is 49.4 Å². The summed E-state index contributed by atoms with van der Waals surface area (Å²) in [4.78, 5) is 25.3. The summed E-state index contributed by atoms with van der Waals surface area (Å²) in [6.07, 6.45) is 2.98. The highest BCUT2D eigenvalue weighted by molar-refractivity contribution is 6.30. The van der Waals surface area contributed by atoms with E-state index >= 15 is 0 Å². The summed E-state index contributed by atoms with van der Waals surface area (Å²) in [6, 6.07) is 17.6. The van der Waals surface area contributed by atoms with Gasteiger partial charge in [0, 0.05) is 11.2 Å². The Kier molecular flexibility index (Phi) is 6.70. The number of para-hydroxylation sites is 1. The fourth-order valence-electron chi connectivity index (χ4n) is 2.99. The van der Waals surface area contributed by atoms with E-state index in [0.717, 1.165) is 0 Å². The van der Waals surface area contributed by atoms with E-state index in [9.17, 15) is 9.59 Å². The number of nitrogens with one attached hydrogen (secondary N) is 1. The van der Waals surface area contributed by atoms with Crippen molar-refractivity contribution < 1.29 is 19.1 Å². The first kappa shape index (κ1) is 22.1. The Balaban J connectivity index is 1.52. The average Bonchev–Trinajstić information content (AvgIpc) is 3.47. The lowest BCUT2D eigenvalue weighted by Crippen LogP contribution is -2.19. The average molecular weight is 466 g/mol. The monoisotopic (exact) mass is 465 g/mol. The smallest absolute Gasteiger partial charge is 0.343 e. The first-order valence-electron chi connectivity index (χ1n) is 10.1. The molecular formula is C23H20ClN5O4. The molecule has 4 rings (SSSR count). The third-order valence-electron chi connectivity index (χ3n) is 4.55. The van der Waals surface area contributed by atoms with Crippen LogP contribution in [0, 0.1) is 0 Å². The van der Waals surface area contributed by atoms with E-state index in [-0.39, 0.29) is 30.4 Å². The van der Waals surface area contributed by atoms with Crippen molar-refractivity contribution in [3.63, 3.8) is 0 Å². The molecule has 0 aliphatic rings. The van der Waals surface area contributed by atoms with Gasteiger partial charge < -0.3 is 14.8 Å². The Bertz CT molecular complexity index is 1250. The predicted octanol–water partition coefficient (Wildman–Crippen LogP) is 4.19. The fourth-order valence-corrected chi connectivity index (χ4v) is 3.12. The second-order valence-electron chi connectivity index (χ2n) is 6.80. The zero-order valence-electron chi connectivity index (χ0n) is 17.6. The van der Waals surface area contributed by atoms with Crippen molar-refractivity contribution in [1.29, 1.82) is 0 Å². The molecule has 10 heteroatoms. The molecule has 2 heterocycles. The molecule has 2 aromatic heterocycles. The molecule has 9 nitrogen and oxygen atoms in total. The van der Waals surface area contributed by atoms with E-state index in [2.05, 4.69) is 15.5 Å². The number of esters is 1. The van der Waals surface area contributed by atoms with E-state index in [1.54, 1.807) is 55.6 Å². The summed E-state index contributed by atoms with van der Waals surface area (Å²) in [7, 11) is 0. The van der Waals surface area contributed by atoms with Crippen molar-refractivity contribution in [3.05, 3.63) is 89.3 Å². The van der Waals surface area contributed by atoms with Crippen LogP contribution in [-0.2, 0) is 11.5 Å². The normalized spacial score (nSPS) is 10.6. The van der Waals surface area contributed by atoms with Crippen molar-refractivity contribution >= 4 is 29.3 Å². The van der Waals surface area contributed by atoms with Crippen molar-refractivity contribution in [3.8, 4) is 11.4 Å². The summed E-state index contributed by atoms with van der Waals surface area (Å²) in [5.41, 5.74) is 0.954. The fraction of sp³-hybridized carbons (Fsp3) is 0.130. The second-order valence-corrected chi connectivity index (χ2v) is 7.23. The summed E-state index contributed by atoms with van der Waals surface area (Å²) in [6.45, 7) is 2.00. The van der Waals surface area contributed by atoms with E-state index in [0.29, 0.717) is 16.5 Å². The van der Waals surface area contributed by atoms with Gasteiger partial charge in [0.05, 0.1) is 18.5 Å². The molecular weight excluding hydrogens is 446 g/mol. The number of nitrogens with zero attached hydrogens (tertiary/aromatic N) is 4. The minimum atomic E-state index is -0.586. The number of halogens is 1. The molecule has 0 aliphatic heterocycles. The standard InChI is InChI=1S/C23H20ClN5O4/c1-2-32-23(31)19-14-25-29(17-6-4-3-5-7-17)21(19)26-22(30)20-12-13-28(27-20)15-33-18-10-8-16(24)9-11-18/h3-14H,2,15H2,1H3,(H,26,30). The molecule has 0 fully saturated rings. The lowest BCUT2D eigenvalue weighted by atomic mass is 10.3. The van der Waals surface area contributed by atoms with Gasteiger partial charge in [0.2, 0.25) is 0 Å². The Morgan fingerprint density at radius 3 is 2.55 bits per heavy atom. The van der Waals surface area contributed by atoms with Crippen molar-refractivity contribution in [2.24, 2.45) is 0 Å². The molecule has 0 saturated heterocycles. The number of hydrogen-bond donors (Lipinski definition) is 1. The maximum Gasteiger partial charge on any atom is 0.343 e. The Morgan fingerprint density at radius 2 is 1.82 bits per heavy atom. The van der Waals surface area contributed by atoms with E-state index in [4.69, 9.17) is 21.1 Å². The molecule has 0 bridgehead atoms. The number of rotatable bonds is 8. The van der Waals surface area contributed by atoms with Gasteiger partial charge in [0.15, 0.2) is 18.2 Å². The predicted molar refractivity (Wildman–Crippen MR) is 122 cm³/mol. The molecule has 0 atom stereocenters. The number of ether oxygens (including phenoxy) is 2. The molecule has 0 saturated carbocycles. The quantitative estimate of drug-likeness (QED) is 0.392. The van der Waals surface area contributed by atoms with Crippen molar-refractivity contribution in [2.75, 3.05) is 11.9 Å². The summed E-state index contributed by atoms with van der Waals surface area (Å²) in [5, 5.41) is 11.8. The van der Waals surface area contributed by atoms with Crippen LogP contribution in [0.5, 0.6) is 5.75 Å². The SMILES string of the molecule is CCOC(=O)c1cnn(-c2ccccc2)c1NC(=O)c1ccn(COc2ccc(Cl)cc2)n1.